The van der Waals surface area contributed by atoms with Crippen LogP contribution in [-0.4, -0.2) is 44.4 Å². The van der Waals surface area contributed by atoms with Crippen molar-refractivity contribution < 1.29 is 17.9 Å². The largest absolute Gasteiger partial charge is 0.496 e. The fourth-order valence-corrected chi connectivity index (χ4v) is 4.05. The molecule has 1 aliphatic heterocycles. The number of hydrogen-bond acceptors (Lipinski definition) is 4. The Kier molecular flexibility index (Phi) is 5.01. The lowest BCUT2D eigenvalue weighted by atomic mass is 10.1. The van der Waals surface area contributed by atoms with Crippen LogP contribution in [0.25, 0.3) is 0 Å². The maximum Gasteiger partial charge on any atom is 0.255 e. The number of nitrogens with zero attached hydrogens (tertiary/aromatic N) is 1. The van der Waals surface area contributed by atoms with E-state index in [1.807, 2.05) is 20.8 Å². The van der Waals surface area contributed by atoms with E-state index in [0.717, 1.165) is 12.8 Å². The van der Waals surface area contributed by atoms with Gasteiger partial charge in [0.15, 0.2) is 0 Å². The first-order valence-corrected chi connectivity index (χ1v) is 9.10. The Morgan fingerprint density at radius 2 is 1.83 bits per heavy atom. The first-order valence-electron chi connectivity index (χ1n) is 7.66. The summed E-state index contributed by atoms with van der Waals surface area (Å²) in [5.74, 6) is -0.0000520. The Morgan fingerprint density at radius 1 is 1.22 bits per heavy atom. The number of benzene rings is 1. The van der Waals surface area contributed by atoms with Gasteiger partial charge in [-0.15, -0.1) is 0 Å². The van der Waals surface area contributed by atoms with Crippen LogP contribution in [0.1, 0.15) is 44.0 Å². The molecule has 0 atom stereocenters. The molecule has 1 saturated heterocycles. The molecule has 1 aromatic rings. The molecule has 6 nitrogen and oxygen atoms in total. The molecule has 128 valence electrons. The molecule has 1 N–H and O–H groups in total. The van der Waals surface area contributed by atoms with E-state index in [9.17, 15) is 13.2 Å². The van der Waals surface area contributed by atoms with Crippen LogP contribution in [0.15, 0.2) is 23.1 Å². The quantitative estimate of drug-likeness (QED) is 0.910. The van der Waals surface area contributed by atoms with Crippen LogP contribution in [0.5, 0.6) is 5.75 Å². The number of sulfonamides is 1. The molecule has 1 aliphatic rings. The molecule has 0 radical (unpaired) electrons. The SMILES string of the molecule is COc1ccc(S(=O)(=O)N2CCCC2)cc1C(=O)NC(C)(C)C. The molecule has 0 saturated carbocycles. The lowest BCUT2D eigenvalue weighted by Gasteiger charge is -2.22. The first kappa shape index (κ1) is 17.7. The molecule has 7 heteroatoms. The van der Waals surface area contributed by atoms with E-state index in [1.54, 1.807) is 0 Å². The lowest BCUT2D eigenvalue weighted by Crippen LogP contribution is -2.40. The molecular formula is C16H24N2O4S. The Hall–Kier alpha value is -1.60. The summed E-state index contributed by atoms with van der Waals surface area (Å²) >= 11 is 0. The zero-order valence-electron chi connectivity index (χ0n) is 14.0. The van der Waals surface area contributed by atoms with Gasteiger partial charge in [0.1, 0.15) is 5.75 Å². The lowest BCUT2D eigenvalue weighted by molar-refractivity contribution is 0.0916. The smallest absolute Gasteiger partial charge is 0.255 e. The minimum atomic E-state index is -3.57. The van der Waals surface area contributed by atoms with Crippen LogP contribution in [0.4, 0.5) is 0 Å². The average Bonchev–Trinajstić information content (AvgIpc) is 2.99. The molecule has 2 rings (SSSR count). The summed E-state index contributed by atoms with van der Waals surface area (Å²) in [6.07, 6.45) is 1.74. The Balaban J connectivity index is 2.41. The number of nitrogens with one attached hydrogen (secondary N) is 1. The second kappa shape index (κ2) is 6.49. The number of carbonyl (C=O) groups is 1. The zero-order chi connectivity index (χ0) is 17.3. The highest BCUT2D eigenvalue weighted by Crippen LogP contribution is 2.26. The number of amides is 1. The number of hydrogen-bond donors (Lipinski definition) is 1. The van der Waals surface area contributed by atoms with Crippen LogP contribution in [0.3, 0.4) is 0 Å². The van der Waals surface area contributed by atoms with E-state index in [1.165, 1.54) is 29.6 Å². The van der Waals surface area contributed by atoms with Crippen molar-refractivity contribution in [2.24, 2.45) is 0 Å². The number of rotatable bonds is 4. The van der Waals surface area contributed by atoms with Crippen molar-refractivity contribution in [3.63, 3.8) is 0 Å². The van der Waals surface area contributed by atoms with Gasteiger partial charge in [-0.1, -0.05) is 0 Å². The zero-order valence-corrected chi connectivity index (χ0v) is 14.9. The van der Waals surface area contributed by atoms with E-state index < -0.39 is 15.6 Å². The highest BCUT2D eigenvalue weighted by Gasteiger charge is 2.29. The Bertz CT molecular complexity index is 687. The molecule has 1 amide bonds. The summed E-state index contributed by atoms with van der Waals surface area (Å²) < 4.78 is 32.0. The molecule has 1 fully saturated rings. The number of methoxy groups -OCH3 is 1. The average molecular weight is 340 g/mol. The van der Waals surface area contributed by atoms with E-state index in [2.05, 4.69) is 5.32 Å². The summed E-state index contributed by atoms with van der Waals surface area (Å²) in [5.41, 5.74) is -0.200. The van der Waals surface area contributed by atoms with Gasteiger partial charge < -0.3 is 10.1 Å². The Morgan fingerprint density at radius 3 is 2.35 bits per heavy atom. The molecule has 1 aromatic carbocycles. The second-order valence-electron chi connectivity index (χ2n) is 6.68. The van der Waals surface area contributed by atoms with Crippen LogP contribution < -0.4 is 10.1 Å². The summed E-state index contributed by atoms with van der Waals surface area (Å²) in [7, 11) is -2.11. The van der Waals surface area contributed by atoms with Gasteiger partial charge >= 0.3 is 0 Å². The summed E-state index contributed by atoms with van der Waals surface area (Å²) in [6.45, 7) is 6.64. The first-order chi connectivity index (χ1) is 10.6. The molecule has 0 unspecified atom stereocenters. The second-order valence-corrected chi connectivity index (χ2v) is 8.62. The summed E-state index contributed by atoms with van der Waals surface area (Å²) in [5, 5.41) is 2.83. The maximum atomic E-state index is 12.6. The van der Waals surface area contributed by atoms with Gasteiger partial charge in [0.2, 0.25) is 10.0 Å². The highest BCUT2D eigenvalue weighted by molar-refractivity contribution is 7.89. The van der Waals surface area contributed by atoms with Gasteiger partial charge in [0, 0.05) is 18.6 Å². The standard InChI is InChI=1S/C16H24N2O4S/c1-16(2,3)17-15(19)13-11-12(7-8-14(13)22-4)23(20,21)18-9-5-6-10-18/h7-8,11H,5-6,9-10H2,1-4H3,(H,17,19). The highest BCUT2D eigenvalue weighted by atomic mass is 32.2. The number of ether oxygens (including phenoxy) is 1. The Labute approximate surface area is 137 Å². The molecule has 0 spiro atoms. The van der Waals surface area contributed by atoms with Crippen molar-refractivity contribution in [3.05, 3.63) is 23.8 Å². The predicted octanol–water partition coefficient (Wildman–Crippen LogP) is 2.01. The molecule has 1 heterocycles. The third-order valence-corrected chi connectivity index (χ3v) is 5.50. The van der Waals surface area contributed by atoms with Crippen molar-refractivity contribution in [3.8, 4) is 5.75 Å². The van der Waals surface area contributed by atoms with E-state index in [0.29, 0.717) is 18.8 Å². The van der Waals surface area contributed by atoms with Gasteiger partial charge in [0.05, 0.1) is 17.6 Å². The molecule has 0 aliphatic carbocycles. The van der Waals surface area contributed by atoms with Crippen molar-refractivity contribution in [2.45, 2.75) is 44.0 Å². The van der Waals surface area contributed by atoms with Gasteiger partial charge in [-0.2, -0.15) is 4.31 Å². The van der Waals surface area contributed by atoms with Crippen LogP contribution in [-0.2, 0) is 10.0 Å². The van der Waals surface area contributed by atoms with E-state index in [4.69, 9.17) is 4.74 Å². The van der Waals surface area contributed by atoms with Crippen molar-refractivity contribution in [1.29, 1.82) is 0 Å². The third-order valence-electron chi connectivity index (χ3n) is 3.61. The molecule has 23 heavy (non-hydrogen) atoms. The summed E-state index contributed by atoms with van der Waals surface area (Å²) in [6, 6.07) is 4.41. The fourth-order valence-electron chi connectivity index (χ4n) is 2.51. The third kappa shape index (κ3) is 4.03. The predicted molar refractivity (Wildman–Crippen MR) is 88.2 cm³/mol. The van der Waals surface area contributed by atoms with Crippen molar-refractivity contribution in [2.75, 3.05) is 20.2 Å². The fraction of sp³-hybridized carbons (Fsp3) is 0.562. The van der Waals surface area contributed by atoms with Crippen LogP contribution >= 0.6 is 0 Å². The topological polar surface area (TPSA) is 75.7 Å². The van der Waals surface area contributed by atoms with Gasteiger partial charge in [0.25, 0.3) is 5.91 Å². The van der Waals surface area contributed by atoms with Gasteiger partial charge in [-0.05, 0) is 51.8 Å². The minimum absolute atomic E-state index is 0.124. The van der Waals surface area contributed by atoms with Crippen LogP contribution in [0, 0.1) is 0 Å². The molecule has 0 bridgehead atoms. The number of carbonyl (C=O) groups excluding carboxylic acids is 1. The van der Waals surface area contributed by atoms with Crippen molar-refractivity contribution >= 4 is 15.9 Å². The van der Waals surface area contributed by atoms with Crippen molar-refractivity contribution in [1.82, 2.24) is 9.62 Å². The van der Waals surface area contributed by atoms with E-state index in [-0.39, 0.29) is 16.4 Å². The van der Waals surface area contributed by atoms with E-state index >= 15 is 0 Å². The molecule has 0 aromatic heterocycles. The van der Waals surface area contributed by atoms with Gasteiger partial charge in [-0.25, -0.2) is 8.42 Å². The van der Waals surface area contributed by atoms with Gasteiger partial charge in [-0.3, -0.25) is 4.79 Å². The maximum absolute atomic E-state index is 12.6. The normalized spacial score (nSPS) is 16.3. The monoisotopic (exact) mass is 340 g/mol. The molecular weight excluding hydrogens is 316 g/mol. The summed E-state index contributed by atoms with van der Waals surface area (Å²) in [4.78, 5) is 12.6. The van der Waals surface area contributed by atoms with Crippen LogP contribution in [0.2, 0.25) is 0 Å². The minimum Gasteiger partial charge on any atom is -0.496 e.